The molecular weight excluding hydrogens is 446 g/mol. The second-order valence-corrected chi connectivity index (χ2v) is 6.99. The quantitative estimate of drug-likeness (QED) is 0.102. The van der Waals surface area contributed by atoms with E-state index >= 15 is 0 Å². The van der Waals surface area contributed by atoms with E-state index in [4.69, 9.17) is 33.1 Å². The topological polar surface area (TPSA) is 300 Å². The standard InChI is InChI=1S/C17H29N7O9/c18-7(5-13(21)28)14(29)22-8(1-3-11(19)26)15(30)23-9(2-4-12(20)27)16(31)24-10(6-25)17(32)33/h7-10,25H,1-6,18H2,(H2,19,26)(H2,20,27)(H2,21,28)(H,22,29)(H,23,30)(H,24,31)(H,32,33). The van der Waals surface area contributed by atoms with Crippen molar-refractivity contribution in [1.29, 1.82) is 0 Å². The number of rotatable bonds is 16. The van der Waals surface area contributed by atoms with Crippen molar-refractivity contribution >= 4 is 41.4 Å². The van der Waals surface area contributed by atoms with Gasteiger partial charge in [-0.3, -0.25) is 28.8 Å². The minimum Gasteiger partial charge on any atom is -0.480 e. The summed E-state index contributed by atoms with van der Waals surface area (Å²) in [6, 6.07) is -6.03. The van der Waals surface area contributed by atoms with Crippen LogP contribution in [-0.4, -0.2) is 82.4 Å². The molecule has 33 heavy (non-hydrogen) atoms. The number of nitrogens with one attached hydrogen (secondary N) is 3. The molecule has 0 rings (SSSR count). The first-order valence-electron chi connectivity index (χ1n) is 9.63. The molecule has 4 unspecified atom stereocenters. The van der Waals surface area contributed by atoms with Gasteiger partial charge in [-0.25, -0.2) is 4.79 Å². The van der Waals surface area contributed by atoms with Gasteiger partial charge in [-0.15, -0.1) is 0 Å². The molecule has 0 aliphatic carbocycles. The summed E-state index contributed by atoms with van der Waals surface area (Å²) in [5.74, 6) is -7.08. The Hall–Kier alpha value is -3.79. The van der Waals surface area contributed by atoms with Gasteiger partial charge < -0.3 is 49.1 Å². The van der Waals surface area contributed by atoms with Crippen molar-refractivity contribution in [2.75, 3.05) is 6.61 Å². The van der Waals surface area contributed by atoms with Crippen molar-refractivity contribution in [3.63, 3.8) is 0 Å². The van der Waals surface area contributed by atoms with Crippen molar-refractivity contribution in [2.45, 2.75) is 56.3 Å². The molecule has 0 fully saturated rings. The molecule has 0 spiro atoms. The number of aliphatic carboxylic acids is 1. The number of primary amides is 3. The molecule has 6 amide bonds. The Kier molecular flexibility index (Phi) is 12.7. The number of carbonyl (C=O) groups is 7. The second kappa shape index (κ2) is 14.3. The maximum atomic E-state index is 12.7. The van der Waals surface area contributed by atoms with Crippen LogP contribution in [0.5, 0.6) is 0 Å². The van der Waals surface area contributed by atoms with Crippen LogP contribution >= 0.6 is 0 Å². The van der Waals surface area contributed by atoms with Crippen LogP contribution in [-0.2, 0) is 33.6 Å². The van der Waals surface area contributed by atoms with E-state index in [9.17, 15) is 33.6 Å². The fraction of sp³-hybridized carbons (Fsp3) is 0.588. The van der Waals surface area contributed by atoms with Gasteiger partial charge in [0.1, 0.15) is 18.1 Å². The molecule has 13 N–H and O–H groups in total. The molecule has 0 bridgehead atoms. The van der Waals surface area contributed by atoms with Gasteiger partial charge in [0.25, 0.3) is 0 Å². The third kappa shape index (κ3) is 12.0. The highest BCUT2D eigenvalue weighted by atomic mass is 16.4. The summed E-state index contributed by atoms with van der Waals surface area (Å²) >= 11 is 0. The smallest absolute Gasteiger partial charge is 0.328 e. The van der Waals surface area contributed by atoms with E-state index in [1.54, 1.807) is 0 Å². The molecule has 0 aliphatic heterocycles. The lowest BCUT2D eigenvalue weighted by Gasteiger charge is -2.24. The summed E-state index contributed by atoms with van der Waals surface area (Å²) in [7, 11) is 0. The van der Waals surface area contributed by atoms with Gasteiger partial charge in [0.15, 0.2) is 0 Å². The Morgan fingerprint density at radius 1 is 0.667 bits per heavy atom. The molecule has 16 heteroatoms. The average Bonchev–Trinajstić information content (AvgIpc) is 2.70. The van der Waals surface area contributed by atoms with Crippen LogP contribution < -0.4 is 38.9 Å². The number of carboxylic acid groups (broad SMARTS) is 1. The van der Waals surface area contributed by atoms with Crippen molar-refractivity contribution < 1.29 is 43.8 Å². The van der Waals surface area contributed by atoms with Crippen LogP contribution in [0.1, 0.15) is 32.1 Å². The first-order chi connectivity index (χ1) is 15.3. The molecule has 0 heterocycles. The molecule has 186 valence electrons. The number of carboxylic acids is 1. The summed E-state index contributed by atoms with van der Waals surface area (Å²) in [5, 5.41) is 24.4. The van der Waals surface area contributed by atoms with Crippen molar-refractivity contribution in [1.82, 2.24) is 16.0 Å². The lowest BCUT2D eigenvalue weighted by atomic mass is 10.1. The maximum Gasteiger partial charge on any atom is 0.328 e. The molecule has 0 aromatic carbocycles. The zero-order valence-electron chi connectivity index (χ0n) is 17.6. The van der Waals surface area contributed by atoms with Crippen LogP contribution in [0.3, 0.4) is 0 Å². The molecule has 0 aromatic heterocycles. The maximum absolute atomic E-state index is 12.7. The number of aliphatic hydroxyl groups excluding tert-OH is 1. The Morgan fingerprint density at radius 3 is 1.39 bits per heavy atom. The minimum absolute atomic E-state index is 0.311. The van der Waals surface area contributed by atoms with Crippen LogP contribution in [0.4, 0.5) is 0 Å². The lowest BCUT2D eigenvalue weighted by molar-refractivity contribution is -0.143. The Bertz CT molecular complexity index is 774. The van der Waals surface area contributed by atoms with E-state index in [1.165, 1.54) is 0 Å². The van der Waals surface area contributed by atoms with Crippen LogP contribution in [0.2, 0.25) is 0 Å². The molecular formula is C17H29N7O9. The first-order valence-corrected chi connectivity index (χ1v) is 9.63. The van der Waals surface area contributed by atoms with Crippen molar-refractivity contribution in [2.24, 2.45) is 22.9 Å². The fourth-order valence-electron chi connectivity index (χ4n) is 2.43. The zero-order valence-corrected chi connectivity index (χ0v) is 17.6. The highest BCUT2D eigenvalue weighted by Gasteiger charge is 2.30. The van der Waals surface area contributed by atoms with E-state index in [-0.39, 0.29) is 25.7 Å². The summed E-state index contributed by atoms with van der Waals surface area (Å²) in [6.07, 6.45) is -1.92. The largest absolute Gasteiger partial charge is 0.480 e. The molecule has 0 saturated carbocycles. The summed E-state index contributed by atoms with van der Waals surface area (Å²) in [6.45, 7) is -0.952. The van der Waals surface area contributed by atoms with Gasteiger partial charge in [0, 0.05) is 12.8 Å². The Labute approximate surface area is 187 Å². The molecule has 4 atom stereocenters. The van der Waals surface area contributed by atoms with Crippen molar-refractivity contribution in [3.05, 3.63) is 0 Å². The number of hydrogen-bond acceptors (Lipinski definition) is 9. The third-order valence-electron chi connectivity index (χ3n) is 4.18. The van der Waals surface area contributed by atoms with Gasteiger partial charge in [-0.1, -0.05) is 0 Å². The number of amides is 6. The molecule has 16 nitrogen and oxygen atoms in total. The van der Waals surface area contributed by atoms with E-state index in [2.05, 4.69) is 10.6 Å². The SMILES string of the molecule is NC(=O)CCC(NC(=O)C(N)CC(N)=O)C(=O)NC(CCC(N)=O)C(=O)NC(CO)C(=O)O. The Balaban J connectivity index is 5.55. The number of carbonyl (C=O) groups excluding carboxylic acids is 6. The van der Waals surface area contributed by atoms with Gasteiger partial charge in [-0.05, 0) is 12.8 Å². The van der Waals surface area contributed by atoms with Crippen molar-refractivity contribution in [3.8, 4) is 0 Å². The summed E-state index contributed by atoms with van der Waals surface area (Å²) in [5.41, 5.74) is 20.6. The first kappa shape index (κ1) is 29.2. The predicted molar refractivity (Wildman–Crippen MR) is 109 cm³/mol. The molecule has 0 aliphatic rings. The van der Waals surface area contributed by atoms with Crippen LogP contribution in [0.15, 0.2) is 0 Å². The average molecular weight is 475 g/mol. The highest BCUT2D eigenvalue weighted by Crippen LogP contribution is 2.04. The van der Waals surface area contributed by atoms with E-state index in [1.807, 2.05) is 5.32 Å². The lowest BCUT2D eigenvalue weighted by Crippen LogP contribution is -2.57. The van der Waals surface area contributed by atoms with Gasteiger partial charge >= 0.3 is 5.97 Å². The zero-order chi connectivity index (χ0) is 25.7. The summed E-state index contributed by atoms with van der Waals surface area (Å²) < 4.78 is 0. The van der Waals surface area contributed by atoms with Gasteiger partial charge in [0.05, 0.1) is 19.1 Å². The Morgan fingerprint density at radius 2 is 1.06 bits per heavy atom. The van der Waals surface area contributed by atoms with Crippen LogP contribution in [0, 0.1) is 0 Å². The van der Waals surface area contributed by atoms with Gasteiger partial charge in [-0.2, -0.15) is 0 Å². The van der Waals surface area contributed by atoms with E-state index in [0.29, 0.717) is 0 Å². The van der Waals surface area contributed by atoms with Gasteiger partial charge in [0.2, 0.25) is 35.4 Å². The number of hydrogen-bond donors (Lipinski definition) is 9. The highest BCUT2D eigenvalue weighted by molar-refractivity contribution is 5.95. The normalized spacial score (nSPS) is 14.1. The monoisotopic (exact) mass is 475 g/mol. The fourth-order valence-corrected chi connectivity index (χ4v) is 2.43. The number of aliphatic hydroxyl groups is 1. The van der Waals surface area contributed by atoms with Crippen LogP contribution in [0.25, 0.3) is 0 Å². The third-order valence-corrected chi connectivity index (χ3v) is 4.18. The predicted octanol–water partition coefficient (Wildman–Crippen LogP) is -5.75. The molecule has 0 aromatic rings. The minimum atomic E-state index is -1.69. The number of nitrogens with two attached hydrogens (primary N) is 4. The summed E-state index contributed by atoms with van der Waals surface area (Å²) in [4.78, 5) is 81.5. The van der Waals surface area contributed by atoms with E-state index in [0.717, 1.165) is 0 Å². The molecule has 0 radical (unpaired) electrons. The molecule has 0 saturated heterocycles. The second-order valence-electron chi connectivity index (χ2n) is 6.99. The van der Waals surface area contributed by atoms with E-state index < -0.39 is 78.6 Å².